The highest BCUT2D eigenvalue weighted by Crippen LogP contribution is 2.59. The number of aliphatic hydroxyl groups is 1. The molecule has 2 aromatic rings. The number of carbonyl (C=O) groups excluding carboxylic acids is 1. The minimum Gasteiger partial charge on any atom is -0.497 e. The topological polar surface area (TPSA) is 68.2 Å². The third-order valence-electron chi connectivity index (χ3n) is 9.18. The Morgan fingerprint density at radius 1 is 1.11 bits per heavy atom. The van der Waals surface area contributed by atoms with E-state index in [-0.39, 0.29) is 18.1 Å². The van der Waals surface area contributed by atoms with E-state index in [4.69, 9.17) is 14.2 Å². The monoisotopic (exact) mass is 491 g/mol. The second-order valence-electron chi connectivity index (χ2n) is 11.3. The average Bonchev–Trinajstić information content (AvgIpc) is 3.69. The quantitative estimate of drug-likeness (QED) is 0.591. The van der Waals surface area contributed by atoms with Gasteiger partial charge < -0.3 is 19.3 Å². The van der Waals surface area contributed by atoms with Gasteiger partial charge >= 0.3 is 5.97 Å². The van der Waals surface area contributed by atoms with Crippen LogP contribution >= 0.6 is 0 Å². The van der Waals surface area contributed by atoms with Crippen molar-refractivity contribution in [2.75, 3.05) is 20.2 Å². The first kappa shape index (κ1) is 24.0. The molecule has 4 aliphatic rings. The largest absolute Gasteiger partial charge is 0.497 e. The molecule has 2 saturated carbocycles. The Hall–Kier alpha value is -2.41. The van der Waals surface area contributed by atoms with Crippen LogP contribution in [0.25, 0.3) is 0 Å². The fraction of sp³-hybridized carbons (Fsp3) is 0.567. The van der Waals surface area contributed by atoms with Gasteiger partial charge in [-0.15, -0.1) is 0 Å². The number of hydrogen-bond acceptors (Lipinski definition) is 6. The molecular weight excluding hydrogens is 454 g/mol. The highest BCUT2D eigenvalue weighted by atomic mass is 16.6. The van der Waals surface area contributed by atoms with Crippen LogP contribution in [0.3, 0.4) is 0 Å². The van der Waals surface area contributed by atoms with Crippen molar-refractivity contribution in [3.05, 3.63) is 65.2 Å². The standard InChI is InChI=1S/C30H37NO5/c1-20(32)36-27-16-29-12-13-31(18-21-8-9-21)28(14-23-10-11-24(34-2)15-25(23)29)30(29,33)17-26(27)35-19-22-6-4-3-5-7-22/h3-7,10-11,15,21,26-28,33H,8-9,12-14,16-19H2,1-2H3. The Morgan fingerprint density at radius 3 is 2.64 bits per heavy atom. The second-order valence-corrected chi connectivity index (χ2v) is 11.3. The molecule has 2 bridgehead atoms. The van der Waals surface area contributed by atoms with Crippen molar-refractivity contribution in [1.82, 2.24) is 4.90 Å². The first-order valence-electron chi connectivity index (χ1n) is 13.4. The zero-order valence-electron chi connectivity index (χ0n) is 21.3. The summed E-state index contributed by atoms with van der Waals surface area (Å²) in [6.45, 7) is 3.89. The molecule has 3 aliphatic carbocycles. The van der Waals surface area contributed by atoms with E-state index < -0.39 is 17.1 Å². The Morgan fingerprint density at radius 2 is 1.92 bits per heavy atom. The third-order valence-corrected chi connectivity index (χ3v) is 9.18. The van der Waals surface area contributed by atoms with Gasteiger partial charge in [0, 0.05) is 31.3 Å². The number of fused-ring (bicyclic) bond motifs is 1. The van der Waals surface area contributed by atoms with Crippen LogP contribution in [0.15, 0.2) is 48.5 Å². The molecule has 192 valence electrons. The third kappa shape index (κ3) is 4.04. The predicted octanol–water partition coefficient (Wildman–Crippen LogP) is 4.02. The molecule has 0 spiro atoms. The fourth-order valence-electron chi connectivity index (χ4n) is 7.27. The Labute approximate surface area is 213 Å². The number of esters is 1. The van der Waals surface area contributed by atoms with E-state index in [0.29, 0.717) is 19.4 Å². The molecule has 1 saturated heterocycles. The summed E-state index contributed by atoms with van der Waals surface area (Å²) in [5.74, 6) is 1.25. The van der Waals surface area contributed by atoms with Crippen LogP contribution in [0.4, 0.5) is 0 Å². The minimum absolute atomic E-state index is 0.0221. The number of piperidine rings is 1. The molecule has 1 heterocycles. The number of benzene rings is 2. The summed E-state index contributed by atoms with van der Waals surface area (Å²) in [6, 6.07) is 16.4. The first-order chi connectivity index (χ1) is 17.4. The van der Waals surface area contributed by atoms with Gasteiger partial charge in [-0.05, 0) is 73.4 Å². The lowest BCUT2D eigenvalue weighted by atomic mass is 9.48. The van der Waals surface area contributed by atoms with E-state index in [9.17, 15) is 9.90 Å². The van der Waals surface area contributed by atoms with Crippen molar-refractivity contribution in [2.45, 2.75) is 81.3 Å². The van der Waals surface area contributed by atoms with E-state index in [1.165, 1.54) is 25.3 Å². The number of methoxy groups -OCH3 is 1. The zero-order valence-corrected chi connectivity index (χ0v) is 21.3. The van der Waals surface area contributed by atoms with Crippen LogP contribution in [0.5, 0.6) is 5.75 Å². The highest BCUT2D eigenvalue weighted by Gasteiger charge is 2.67. The van der Waals surface area contributed by atoms with Crippen molar-refractivity contribution in [3.8, 4) is 5.75 Å². The normalized spacial score (nSPS) is 33.4. The van der Waals surface area contributed by atoms with Crippen LogP contribution in [0.2, 0.25) is 0 Å². The molecule has 1 aliphatic heterocycles. The van der Waals surface area contributed by atoms with Gasteiger partial charge in [0.2, 0.25) is 0 Å². The van der Waals surface area contributed by atoms with Gasteiger partial charge in [0.15, 0.2) is 0 Å². The van der Waals surface area contributed by atoms with Gasteiger partial charge in [0.05, 0.1) is 25.4 Å². The van der Waals surface area contributed by atoms with Crippen LogP contribution in [0.1, 0.15) is 55.7 Å². The van der Waals surface area contributed by atoms with E-state index in [2.05, 4.69) is 17.0 Å². The summed E-state index contributed by atoms with van der Waals surface area (Å²) in [7, 11) is 1.69. The van der Waals surface area contributed by atoms with E-state index in [0.717, 1.165) is 48.7 Å². The van der Waals surface area contributed by atoms with Crippen molar-refractivity contribution >= 4 is 5.97 Å². The smallest absolute Gasteiger partial charge is 0.302 e. The number of likely N-dealkylation sites (tertiary alicyclic amines) is 1. The van der Waals surface area contributed by atoms with Gasteiger partial charge in [0.25, 0.3) is 0 Å². The number of nitrogens with zero attached hydrogens (tertiary/aromatic N) is 1. The molecule has 0 amide bonds. The number of rotatable bonds is 7. The molecule has 5 unspecified atom stereocenters. The molecular formula is C30H37NO5. The SMILES string of the molecule is COc1ccc2c(c1)C13CCN(CC4CC4)C(C2)C1(O)CC(OCc1ccccc1)C(OC(C)=O)C3. The summed E-state index contributed by atoms with van der Waals surface area (Å²) in [5, 5.41) is 12.8. The van der Waals surface area contributed by atoms with Gasteiger partial charge in [0.1, 0.15) is 11.9 Å². The summed E-state index contributed by atoms with van der Waals surface area (Å²) in [4.78, 5) is 14.7. The molecule has 6 heteroatoms. The summed E-state index contributed by atoms with van der Waals surface area (Å²) >= 11 is 0. The van der Waals surface area contributed by atoms with Crippen molar-refractivity contribution in [1.29, 1.82) is 0 Å². The molecule has 36 heavy (non-hydrogen) atoms. The van der Waals surface area contributed by atoms with E-state index in [1.54, 1.807) is 7.11 Å². The summed E-state index contributed by atoms with van der Waals surface area (Å²) in [6.07, 6.45) is 4.43. The van der Waals surface area contributed by atoms with Gasteiger partial charge in [-0.3, -0.25) is 9.69 Å². The number of carbonyl (C=O) groups is 1. The van der Waals surface area contributed by atoms with E-state index in [1.807, 2.05) is 36.4 Å². The molecule has 1 N–H and O–H groups in total. The molecule has 6 nitrogen and oxygen atoms in total. The Bertz CT molecular complexity index is 1120. The first-order valence-corrected chi connectivity index (χ1v) is 13.4. The predicted molar refractivity (Wildman–Crippen MR) is 136 cm³/mol. The Kier molecular flexibility index (Phi) is 6.09. The van der Waals surface area contributed by atoms with Gasteiger partial charge in [-0.25, -0.2) is 0 Å². The molecule has 3 fully saturated rings. The lowest BCUT2D eigenvalue weighted by molar-refractivity contribution is -0.227. The molecule has 6 rings (SSSR count). The van der Waals surface area contributed by atoms with E-state index >= 15 is 0 Å². The van der Waals surface area contributed by atoms with Gasteiger partial charge in [-0.2, -0.15) is 0 Å². The van der Waals surface area contributed by atoms with Crippen LogP contribution in [-0.2, 0) is 32.7 Å². The second kappa shape index (κ2) is 9.16. The average molecular weight is 492 g/mol. The highest BCUT2D eigenvalue weighted by molar-refractivity contribution is 5.66. The lowest BCUT2D eigenvalue weighted by Crippen LogP contribution is -2.75. The zero-order chi connectivity index (χ0) is 24.9. The van der Waals surface area contributed by atoms with Crippen molar-refractivity contribution in [3.63, 3.8) is 0 Å². The van der Waals surface area contributed by atoms with Gasteiger partial charge in [-0.1, -0.05) is 36.4 Å². The number of ether oxygens (including phenoxy) is 3. The summed E-state index contributed by atoms with van der Waals surface area (Å²) < 4.78 is 18.0. The molecule has 0 radical (unpaired) electrons. The molecule has 0 aromatic heterocycles. The van der Waals surface area contributed by atoms with Crippen molar-refractivity contribution < 1.29 is 24.1 Å². The lowest BCUT2D eigenvalue weighted by Gasteiger charge is -2.65. The molecule has 2 aromatic carbocycles. The summed E-state index contributed by atoms with van der Waals surface area (Å²) in [5.41, 5.74) is 2.02. The maximum absolute atomic E-state index is 12.8. The maximum atomic E-state index is 12.8. The van der Waals surface area contributed by atoms with Crippen molar-refractivity contribution in [2.24, 2.45) is 5.92 Å². The number of hydrogen-bond donors (Lipinski definition) is 1. The maximum Gasteiger partial charge on any atom is 0.302 e. The minimum atomic E-state index is -0.975. The Balaban J connectivity index is 1.39. The van der Waals surface area contributed by atoms with Crippen LogP contribution in [-0.4, -0.2) is 60.0 Å². The fourth-order valence-corrected chi connectivity index (χ4v) is 7.27. The van der Waals surface area contributed by atoms with Crippen LogP contribution < -0.4 is 4.74 Å². The molecule has 5 atom stereocenters. The van der Waals surface area contributed by atoms with Crippen LogP contribution in [0, 0.1) is 5.92 Å².